The zero-order chi connectivity index (χ0) is 13.9. The molecule has 5 heteroatoms. The van der Waals surface area contributed by atoms with E-state index in [0.29, 0.717) is 0 Å². The summed E-state index contributed by atoms with van der Waals surface area (Å²) < 4.78 is 18.0. The van der Waals surface area contributed by atoms with Crippen molar-refractivity contribution < 1.29 is 13.3 Å². The molecule has 0 aromatic heterocycles. The summed E-state index contributed by atoms with van der Waals surface area (Å²) in [4.78, 5) is 2.15. The fourth-order valence-corrected chi connectivity index (χ4v) is 4.42. The molecule has 0 radical (unpaired) electrons. The minimum Gasteiger partial charge on any atom is -0.373 e. The van der Waals surface area contributed by atoms with Gasteiger partial charge in [0.1, 0.15) is 0 Å². The van der Waals surface area contributed by atoms with Gasteiger partial charge in [0.25, 0.3) is 0 Å². The largest absolute Gasteiger partial charge is 0.502 e. The van der Waals surface area contributed by atoms with Crippen LogP contribution in [0.15, 0.2) is 0 Å². The van der Waals surface area contributed by atoms with Crippen molar-refractivity contribution in [3.05, 3.63) is 0 Å². The first kappa shape index (κ1) is 18.1. The maximum absolute atomic E-state index is 6.00. The van der Waals surface area contributed by atoms with Gasteiger partial charge in [0.2, 0.25) is 0 Å². The Labute approximate surface area is 114 Å². The van der Waals surface area contributed by atoms with Crippen LogP contribution >= 0.6 is 0 Å². The molecule has 110 valence electrons. The summed E-state index contributed by atoms with van der Waals surface area (Å²) in [5.74, 6) is 0. The van der Waals surface area contributed by atoms with Crippen molar-refractivity contribution in [2.45, 2.75) is 46.1 Å². The lowest BCUT2D eigenvalue weighted by Gasteiger charge is -2.30. The third-order valence-electron chi connectivity index (χ3n) is 2.44. The molecule has 0 unspecified atom stereocenters. The van der Waals surface area contributed by atoms with Crippen LogP contribution in [0.4, 0.5) is 0 Å². The van der Waals surface area contributed by atoms with Gasteiger partial charge < -0.3 is 18.2 Å². The van der Waals surface area contributed by atoms with Gasteiger partial charge in [-0.1, -0.05) is 20.8 Å². The summed E-state index contributed by atoms with van der Waals surface area (Å²) in [5.41, 5.74) is 0. The van der Waals surface area contributed by atoms with Crippen molar-refractivity contribution in [3.8, 4) is 0 Å². The molecule has 0 spiro atoms. The average Bonchev–Trinajstić information content (AvgIpc) is 2.37. The first-order chi connectivity index (χ1) is 8.60. The Morgan fingerprint density at radius 3 is 1.44 bits per heavy atom. The Balaban J connectivity index is 4.51. The lowest BCUT2D eigenvalue weighted by atomic mass is 10.5. The Morgan fingerprint density at radius 1 is 0.778 bits per heavy atom. The first-order valence-corrected chi connectivity index (χ1v) is 9.10. The zero-order valence-corrected chi connectivity index (χ0v) is 13.8. The van der Waals surface area contributed by atoms with E-state index in [4.69, 9.17) is 13.3 Å². The molecule has 0 N–H and O–H groups in total. The van der Waals surface area contributed by atoms with Crippen LogP contribution in [0.3, 0.4) is 0 Å². The van der Waals surface area contributed by atoms with Crippen LogP contribution in [-0.2, 0) is 13.3 Å². The SMILES string of the molecule is CCCO[Si](CCN(C)C)(OCCC)OCCC. The summed E-state index contributed by atoms with van der Waals surface area (Å²) in [6, 6.07) is 0.875. The molecule has 0 aromatic rings. The molecule has 0 saturated carbocycles. The van der Waals surface area contributed by atoms with Gasteiger partial charge >= 0.3 is 8.80 Å². The van der Waals surface area contributed by atoms with E-state index in [1.54, 1.807) is 0 Å². The van der Waals surface area contributed by atoms with Crippen molar-refractivity contribution in [2.24, 2.45) is 0 Å². The van der Waals surface area contributed by atoms with Gasteiger partial charge in [-0.05, 0) is 33.4 Å². The fraction of sp³-hybridized carbons (Fsp3) is 1.00. The molecule has 18 heavy (non-hydrogen) atoms. The number of hydrogen-bond acceptors (Lipinski definition) is 4. The monoisotopic (exact) mass is 277 g/mol. The molecular weight excluding hydrogens is 246 g/mol. The maximum Gasteiger partial charge on any atom is 0.502 e. The second-order valence-electron chi connectivity index (χ2n) is 4.78. The molecule has 4 nitrogen and oxygen atoms in total. The van der Waals surface area contributed by atoms with Gasteiger partial charge in [0, 0.05) is 32.4 Å². The van der Waals surface area contributed by atoms with Gasteiger partial charge in [0.05, 0.1) is 0 Å². The van der Waals surface area contributed by atoms with Crippen LogP contribution in [0.25, 0.3) is 0 Å². The van der Waals surface area contributed by atoms with Crippen molar-refractivity contribution in [1.82, 2.24) is 4.90 Å². The van der Waals surface area contributed by atoms with Crippen molar-refractivity contribution in [2.75, 3.05) is 40.5 Å². The normalized spacial score (nSPS) is 12.3. The van der Waals surface area contributed by atoms with Gasteiger partial charge in [-0.2, -0.15) is 0 Å². The van der Waals surface area contributed by atoms with Gasteiger partial charge in [-0.15, -0.1) is 0 Å². The number of rotatable bonds is 12. The highest BCUT2D eigenvalue weighted by atomic mass is 28.4. The second-order valence-corrected chi connectivity index (χ2v) is 7.51. The second kappa shape index (κ2) is 10.9. The number of nitrogens with zero attached hydrogens (tertiary/aromatic N) is 1. The quantitative estimate of drug-likeness (QED) is 0.513. The summed E-state index contributed by atoms with van der Waals surface area (Å²) in [6.07, 6.45) is 3.01. The molecule has 0 aliphatic heterocycles. The van der Waals surface area contributed by atoms with Crippen molar-refractivity contribution >= 4 is 8.80 Å². The Hall–Kier alpha value is 0.0569. The van der Waals surface area contributed by atoms with E-state index in [2.05, 4.69) is 39.8 Å². The third kappa shape index (κ3) is 8.21. The predicted molar refractivity (Wildman–Crippen MR) is 77.8 cm³/mol. The maximum atomic E-state index is 6.00. The molecule has 0 heterocycles. The van der Waals surface area contributed by atoms with Crippen LogP contribution < -0.4 is 0 Å². The molecule has 0 fully saturated rings. The molecule has 0 bridgehead atoms. The van der Waals surface area contributed by atoms with E-state index >= 15 is 0 Å². The third-order valence-corrected chi connectivity index (χ3v) is 5.21. The van der Waals surface area contributed by atoms with Crippen LogP contribution in [0, 0.1) is 0 Å². The molecule has 0 aliphatic carbocycles. The van der Waals surface area contributed by atoms with Crippen molar-refractivity contribution in [1.29, 1.82) is 0 Å². The van der Waals surface area contributed by atoms with Gasteiger partial charge in [-0.3, -0.25) is 0 Å². The van der Waals surface area contributed by atoms with E-state index in [1.165, 1.54) is 0 Å². The molecule has 0 atom stereocenters. The topological polar surface area (TPSA) is 30.9 Å². The van der Waals surface area contributed by atoms with Crippen LogP contribution in [0.5, 0.6) is 0 Å². The van der Waals surface area contributed by atoms with Crippen LogP contribution in [-0.4, -0.2) is 54.2 Å². The molecule has 0 rings (SSSR count). The highest BCUT2D eigenvalue weighted by Gasteiger charge is 2.40. The summed E-state index contributed by atoms with van der Waals surface area (Å²) in [5, 5.41) is 0. The molecular formula is C13H31NO3Si. The molecule has 0 aliphatic rings. The standard InChI is InChI=1S/C13H31NO3Si/c1-6-10-15-18(16-11-7-2,17-12-8-3)13-9-14(4)5/h6-13H2,1-5H3. The zero-order valence-electron chi connectivity index (χ0n) is 12.8. The van der Waals surface area contributed by atoms with E-state index in [-0.39, 0.29) is 0 Å². The molecule has 0 aromatic carbocycles. The highest BCUT2D eigenvalue weighted by Crippen LogP contribution is 2.17. The molecule has 0 saturated heterocycles. The van der Waals surface area contributed by atoms with Crippen LogP contribution in [0.2, 0.25) is 6.04 Å². The number of hydrogen-bond donors (Lipinski definition) is 0. The highest BCUT2D eigenvalue weighted by molar-refractivity contribution is 6.60. The fourth-order valence-electron chi connectivity index (χ4n) is 1.47. The minimum atomic E-state index is -2.46. The first-order valence-electron chi connectivity index (χ1n) is 7.16. The van der Waals surface area contributed by atoms with E-state index in [0.717, 1.165) is 51.7 Å². The van der Waals surface area contributed by atoms with Crippen LogP contribution in [0.1, 0.15) is 40.0 Å². The van der Waals surface area contributed by atoms with E-state index in [9.17, 15) is 0 Å². The summed E-state index contributed by atoms with van der Waals surface area (Å²) >= 11 is 0. The Morgan fingerprint density at radius 2 is 1.17 bits per heavy atom. The smallest absolute Gasteiger partial charge is 0.373 e. The summed E-state index contributed by atoms with van der Waals surface area (Å²) in [6.45, 7) is 9.48. The molecule has 0 amide bonds. The lowest BCUT2D eigenvalue weighted by molar-refractivity contribution is 0.0575. The predicted octanol–water partition coefficient (Wildman–Crippen LogP) is 2.77. The van der Waals surface area contributed by atoms with Crippen molar-refractivity contribution in [3.63, 3.8) is 0 Å². The Bertz CT molecular complexity index is 169. The van der Waals surface area contributed by atoms with E-state index in [1.807, 2.05) is 0 Å². The minimum absolute atomic E-state index is 0.729. The van der Waals surface area contributed by atoms with Gasteiger partial charge in [-0.25, -0.2) is 0 Å². The Kier molecular flexibility index (Phi) is 11.0. The van der Waals surface area contributed by atoms with E-state index < -0.39 is 8.80 Å². The summed E-state index contributed by atoms with van der Waals surface area (Å²) in [7, 11) is 1.67. The van der Waals surface area contributed by atoms with Gasteiger partial charge in [0.15, 0.2) is 0 Å². The average molecular weight is 277 g/mol. The lowest BCUT2D eigenvalue weighted by Crippen LogP contribution is -2.48.